The average molecular weight is 315 g/mol. The SMILES string of the molecule is O=C(NCC1CC1)c1ccc2c(=O)n3c(nc2c1)SCCC3. The Bertz CT molecular complexity index is 811. The summed E-state index contributed by atoms with van der Waals surface area (Å²) in [5, 5.41) is 4.30. The lowest BCUT2D eigenvalue weighted by Gasteiger charge is -2.17. The summed E-state index contributed by atoms with van der Waals surface area (Å²) in [4.78, 5) is 29.2. The van der Waals surface area contributed by atoms with E-state index in [1.54, 1.807) is 34.5 Å². The molecule has 0 spiro atoms. The van der Waals surface area contributed by atoms with E-state index in [-0.39, 0.29) is 11.5 Å². The average Bonchev–Trinajstić information content (AvgIpc) is 3.37. The number of hydrogen-bond donors (Lipinski definition) is 1. The van der Waals surface area contributed by atoms with Crippen molar-refractivity contribution >= 4 is 28.6 Å². The number of fused-ring (bicyclic) bond motifs is 2. The summed E-state index contributed by atoms with van der Waals surface area (Å²) in [7, 11) is 0. The molecule has 4 rings (SSSR count). The minimum absolute atomic E-state index is 0.00265. The van der Waals surface area contributed by atoms with E-state index in [4.69, 9.17) is 0 Å². The van der Waals surface area contributed by atoms with Crippen LogP contribution in [0.1, 0.15) is 29.6 Å². The Morgan fingerprint density at radius 1 is 1.41 bits per heavy atom. The van der Waals surface area contributed by atoms with Crippen molar-refractivity contribution in [1.29, 1.82) is 0 Å². The van der Waals surface area contributed by atoms with Gasteiger partial charge in [0.15, 0.2) is 5.16 Å². The van der Waals surface area contributed by atoms with Crippen molar-refractivity contribution in [3.63, 3.8) is 0 Å². The van der Waals surface area contributed by atoms with Gasteiger partial charge in [-0.05, 0) is 43.4 Å². The van der Waals surface area contributed by atoms with Crippen molar-refractivity contribution in [1.82, 2.24) is 14.9 Å². The second-order valence-electron chi connectivity index (χ2n) is 5.94. The Balaban J connectivity index is 1.70. The standard InChI is InChI=1S/C16H17N3O2S/c20-14(17-9-10-2-3-10)11-4-5-12-13(8-11)18-16-19(15(12)21)6-1-7-22-16/h4-5,8,10H,1-3,6-7,9H2,(H,17,20). The molecule has 0 radical (unpaired) electrons. The molecule has 0 atom stereocenters. The number of amides is 1. The first kappa shape index (κ1) is 13.8. The van der Waals surface area contributed by atoms with Crippen molar-refractivity contribution in [3.8, 4) is 0 Å². The van der Waals surface area contributed by atoms with Crippen molar-refractivity contribution in [2.75, 3.05) is 12.3 Å². The quantitative estimate of drug-likeness (QED) is 0.880. The Labute approximate surface area is 132 Å². The molecule has 0 bridgehead atoms. The lowest BCUT2D eigenvalue weighted by Crippen LogP contribution is -2.27. The highest BCUT2D eigenvalue weighted by molar-refractivity contribution is 7.99. The summed E-state index contributed by atoms with van der Waals surface area (Å²) >= 11 is 1.61. The topological polar surface area (TPSA) is 64.0 Å². The van der Waals surface area contributed by atoms with Crippen LogP contribution in [0.2, 0.25) is 0 Å². The maximum Gasteiger partial charge on any atom is 0.262 e. The maximum atomic E-state index is 12.5. The number of rotatable bonds is 3. The molecule has 1 saturated carbocycles. The maximum absolute atomic E-state index is 12.5. The van der Waals surface area contributed by atoms with E-state index < -0.39 is 0 Å². The highest BCUT2D eigenvalue weighted by Crippen LogP contribution is 2.27. The van der Waals surface area contributed by atoms with E-state index in [1.807, 2.05) is 0 Å². The first-order valence-electron chi connectivity index (χ1n) is 7.68. The number of hydrogen-bond acceptors (Lipinski definition) is 4. The number of carbonyl (C=O) groups excluding carboxylic acids is 1. The van der Waals surface area contributed by atoms with E-state index in [1.165, 1.54) is 12.8 Å². The molecule has 1 N–H and O–H groups in total. The summed E-state index contributed by atoms with van der Waals surface area (Å²) in [6.45, 7) is 1.47. The zero-order valence-corrected chi connectivity index (χ0v) is 13.0. The number of benzene rings is 1. The fourth-order valence-corrected chi connectivity index (χ4v) is 3.65. The molecule has 1 amide bonds. The minimum atomic E-state index is -0.0823. The number of nitrogens with one attached hydrogen (secondary N) is 1. The fourth-order valence-electron chi connectivity index (χ4n) is 2.70. The van der Waals surface area contributed by atoms with Crippen LogP contribution in [0.3, 0.4) is 0 Å². The monoisotopic (exact) mass is 315 g/mol. The highest BCUT2D eigenvalue weighted by Gasteiger charge is 2.22. The fraction of sp³-hybridized carbons (Fsp3) is 0.438. The van der Waals surface area contributed by atoms with Gasteiger partial charge in [-0.25, -0.2) is 4.98 Å². The molecular formula is C16H17N3O2S. The van der Waals surface area contributed by atoms with E-state index in [0.29, 0.717) is 22.4 Å². The molecule has 1 aromatic carbocycles. The van der Waals surface area contributed by atoms with Crippen molar-refractivity contribution in [2.45, 2.75) is 31.0 Å². The molecule has 2 aliphatic rings. The van der Waals surface area contributed by atoms with Crippen LogP contribution >= 0.6 is 11.8 Å². The van der Waals surface area contributed by atoms with Crippen LogP contribution in [0.4, 0.5) is 0 Å². The van der Waals surface area contributed by atoms with Crippen LogP contribution in [0, 0.1) is 5.92 Å². The van der Waals surface area contributed by atoms with Gasteiger partial charge in [-0.15, -0.1) is 0 Å². The molecule has 1 fully saturated rings. The zero-order chi connectivity index (χ0) is 15.1. The van der Waals surface area contributed by atoms with Gasteiger partial charge in [0, 0.05) is 24.4 Å². The van der Waals surface area contributed by atoms with Gasteiger partial charge in [-0.2, -0.15) is 0 Å². The molecule has 1 aliphatic carbocycles. The number of nitrogens with zero attached hydrogens (tertiary/aromatic N) is 2. The molecule has 0 unspecified atom stereocenters. The minimum Gasteiger partial charge on any atom is -0.352 e. The van der Waals surface area contributed by atoms with Crippen molar-refractivity contribution in [2.24, 2.45) is 5.92 Å². The van der Waals surface area contributed by atoms with Gasteiger partial charge < -0.3 is 5.32 Å². The summed E-state index contributed by atoms with van der Waals surface area (Å²) < 4.78 is 1.74. The molecule has 2 heterocycles. The van der Waals surface area contributed by atoms with E-state index in [0.717, 1.165) is 30.4 Å². The number of thioether (sulfide) groups is 1. The van der Waals surface area contributed by atoms with Gasteiger partial charge in [0.1, 0.15) is 0 Å². The predicted octanol–water partition coefficient (Wildman–Crippen LogP) is 2.03. The molecular weight excluding hydrogens is 298 g/mol. The largest absolute Gasteiger partial charge is 0.352 e. The Morgan fingerprint density at radius 3 is 3.09 bits per heavy atom. The lowest BCUT2D eigenvalue weighted by atomic mass is 10.1. The Kier molecular flexibility index (Phi) is 3.41. The van der Waals surface area contributed by atoms with Crippen LogP contribution in [0.15, 0.2) is 28.2 Å². The molecule has 1 aromatic heterocycles. The van der Waals surface area contributed by atoms with Crippen molar-refractivity contribution < 1.29 is 4.79 Å². The predicted molar refractivity (Wildman–Crippen MR) is 86.4 cm³/mol. The Morgan fingerprint density at radius 2 is 2.27 bits per heavy atom. The van der Waals surface area contributed by atoms with Crippen LogP contribution in [0.25, 0.3) is 10.9 Å². The molecule has 0 saturated heterocycles. The lowest BCUT2D eigenvalue weighted by molar-refractivity contribution is 0.0952. The second kappa shape index (κ2) is 5.43. The van der Waals surface area contributed by atoms with E-state index in [2.05, 4.69) is 10.3 Å². The van der Waals surface area contributed by atoms with Crippen LogP contribution in [-0.2, 0) is 6.54 Å². The zero-order valence-electron chi connectivity index (χ0n) is 12.2. The van der Waals surface area contributed by atoms with Gasteiger partial charge in [-0.1, -0.05) is 11.8 Å². The molecule has 114 valence electrons. The highest BCUT2D eigenvalue weighted by atomic mass is 32.2. The molecule has 6 heteroatoms. The first-order valence-corrected chi connectivity index (χ1v) is 8.66. The molecule has 5 nitrogen and oxygen atoms in total. The molecule has 22 heavy (non-hydrogen) atoms. The summed E-state index contributed by atoms with van der Waals surface area (Å²) in [5.74, 6) is 1.55. The van der Waals surface area contributed by atoms with Gasteiger partial charge >= 0.3 is 0 Å². The number of aromatic nitrogens is 2. The molecule has 2 aromatic rings. The first-order chi connectivity index (χ1) is 10.7. The van der Waals surface area contributed by atoms with Gasteiger partial charge in [0.25, 0.3) is 11.5 Å². The third kappa shape index (κ3) is 2.52. The van der Waals surface area contributed by atoms with Crippen molar-refractivity contribution in [3.05, 3.63) is 34.1 Å². The van der Waals surface area contributed by atoms with E-state index in [9.17, 15) is 9.59 Å². The summed E-state index contributed by atoms with van der Waals surface area (Å²) in [6, 6.07) is 5.18. The van der Waals surface area contributed by atoms with Crippen LogP contribution in [0.5, 0.6) is 0 Å². The third-order valence-electron chi connectivity index (χ3n) is 4.19. The van der Waals surface area contributed by atoms with Gasteiger partial charge in [0.05, 0.1) is 10.9 Å². The normalized spacial score (nSPS) is 17.3. The van der Waals surface area contributed by atoms with Gasteiger partial charge in [-0.3, -0.25) is 14.2 Å². The number of carbonyl (C=O) groups is 1. The summed E-state index contributed by atoms with van der Waals surface area (Å²) in [6.07, 6.45) is 3.41. The van der Waals surface area contributed by atoms with Crippen LogP contribution in [-0.4, -0.2) is 27.8 Å². The second-order valence-corrected chi connectivity index (χ2v) is 7.00. The smallest absolute Gasteiger partial charge is 0.262 e. The third-order valence-corrected chi connectivity index (χ3v) is 5.25. The van der Waals surface area contributed by atoms with Crippen LogP contribution < -0.4 is 10.9 Å². The van der Waals surface area contributed by atoms with E-state index >= 15 is 0 Å². The Hall–Kier alpha value is -1.82. The molecule has 1 aliphatic heterocycles. The summed E-state index contributed by atoms with van der Waals surface area (Å²) in [5.41, 5.74) is 1.19. The van der Waals surface area contributed by atoms with Gasteiger partial charge in [0.2, 0.25) is 0 Å².